The summed E-state index contributed by atoms with van der Waals surface area (Å²) in [6, 6.07) is 6.48. The van der Waals surface area contributed by atoms with E-state index in [4.69, 9.17) is 16.0 Å². The Balaban J connectivity index is 2.33. The molecule has 0 aliphatic carbocycles. The lowest BCUT2D eigenvalue weighted by Gasteiger charge is -2.09. The molecule has 4 heteroatoms. The third-order valence-electron chi connectivity index (χ3n) is 2.63. The van der Waals surface area contributed by atoms with Crippen LogP contribution in [0, 0.1) is 5.82 Å². The zero-order valence-electron chi connectivity index (χ0n) is 10.3. The van der Waals surface area contributed by atoms with Crippen molar-refractivity contribution in [1.29, 1.82) is 0 Å². The van der Waals surface area contributed by atoms with Crippen LogP contribution >= 0.6 is 11.6 Å². The van der Waals surface area contributed by atoms with Crippen LogP contribution in [0.15, 0.2) is 34.9 Å². The van der Waals surface area contributed by atoms with E-state index in [1.165, 1.54) is 12.1 Å². The molecule has 0 bridgehead atoms. The lowest BCUT2D eigenvalue weighted by molar-refractivity contribution is 0.466. The molecule has 0 aliphatic heterocycles. The van der Waals surface area contributed by atoms with E-state index in [-0.39, 0.29) is 5.82 Å². The van der Waals surface area contributed by atoms with Crippen molar-refractivity contribution in [1.82, 2.24) is 5.32 Å². The molecule has 18 heavy (non-hydrogen) atoms. The number of hydrogen-bond acceptors (Lipinski definition) is 2. The molecule has 2 aromatic rings. The normalized spacial score (nSPS) is 11.2. The summed E-state index contributed by atoms with van der Waals surface area (Å²) in [5.74, 6) is 0.453. The average Bonchev–Trinajstić information content (AvgIpc) is 2.77. The molecule has 2 nitrogen and oxygen atoms in total. The van der Waals surface area contributed by atoms with E-state index in [2.05, 4.69) is 19.2 Å². The van der Waals surface area contributed by atoms with E-state index >= 15 is 0 Å². The van der Waals surface area contributed by atoms with Gasteiger partial charge in [-0.25, -0.2) is 4.39 Å². The number of rotatable bonds is 4. The van der Waals surface area contributed by atoms with Crippen molar-refractivity contribution in [2.75, 3.05) is 0 Å². The smallest absolute Gasteiger partial charge is 0.125 e. The van der Waals surface area contributed by atoms with Crippen molar-refractivity contribution >= 4 is 11.6 Å². The van der Waals surface area contributed by atoms with Crippen LogP contribution in [0.2, 0.25) is 5.02 Å². The molecule has 0 fully saturated rings. The Morgan fingerprint density at radius 3 is 2.78 bits per heavy atom. The van der Waals surface area contributed by atoms with Crippen LogP contribution in [0.5, 0.6) is 0 Å². The topological polar surface area (TPSA) is 25.2 Å². The van der Waals surface area contributed by atoms with Gasteiger partial charge in [-0.05, 0) is 24.3 Å². The first-order chi connectivity index (χ1) is 8.58. The van der Waals surface area contributed by atoms with E-state index in [1.54, 1.807) is 18.4 Å². The van der Waals surface area contributed by atoms with Crippen LogP contribution in [-0.4, -0.2) is 6.04 Å². The third-order valence-corrected chi connectivity index (χ3v) is 2.96. The SMILES string of the molecule is CC(C)NCc1occc1-c1cc(F)ccc1Cl. The van der Waals surface area contributed by atoms with E-state index in [0.29, 0.717) is 23.2 Å². The maximum Gasteiger partial charge on any atom is 0.125 e. The van der Waals surface area contributed by atoms with E-state index < -0.39 is 0 Å². The van der Waals surface area contributed by atoms with Gasteiger partial charge in [0.25, 0.3) is 0 Å². The monoisotopic (exact) mass is 267 g/mol. The molecule has 96 valence electrons. The van der Waals surface area contributed by atoms with Crippen molar-refractivity contribution in [3.63, 3.8) is 0 Å². The molecule has 0 spiro atoms. The summed E-state index contributed by atoms with van der Waals surface area (Å²) in [5.41, 5.74) is 1.48. The third kappa shape index (κ3) is 2.92. The van der Waals surface area contributed by atoms with Gasteiger partial charge in [0.05, 0.1) is 12.8 Å². The Hall–Kier alpha value is -1.32. The molecule has 0 atom stereocenters. The van der Waals surface area contributed by atoms with Gasteiger partial charge >= 0.3 is 0 Å². The second kappa shape index (κ2) is 5.55. The summed E-state index contributed by atoms with van der Waals surface area (Å²) in [7, 11) is 0. The van der Waals surface area contributed by atoms with Crippen LogP contribution in [0.25, 0.3) is 11.1 Å². The zero-order valence-corrected chi connectivity index (χ0v) is 11.1. The van der Waals surface area contributed by atoms with Crippen LogP contribution in [0.4, 0.5) is 4.39 Å². The van der Waals surface area contributed by atoms with E-state index in [9.17, 15) is 4.39 Å². The van der Waals surface area contributed by atoms with Gasteiger partial charge in [-0.2, -0.15) is 0 Å². The highest BCUT2D eigenvalue weighted by molar-refractivity contribution is 6.33. The molecular formula is C14H15ClFNO. The number of nitrogens with one attached hydrogen (secondary N) is 1. The molecule has 0 unspecified atom stereocenters. The first-order valence-electron chi connectivity index (χ1n) is 5.83. The van der Waals surface area contributed by atoms with Gasteiger partial charge in [-0.1, -0.05) is 25.4 Å². The summed E-state index contributed by atoms with van der Waals surface area (Å²) in [4.78, 5) is 0. The van der Waals surface area contributed by atoms with Gasteiger partial charge in [0.2, 0.25) is 0 Å². The Labute approximate surface area is 111 Å². The van der Waals surface area contributed by atoms with Crippen molar-refractivity contribution in [2.24, 2.45) is 0 Å². The predicted molar refractivity (Wildman–Crippen MR) is 71.1 cm³/mol. The van der Waals surface area contributed by atoms with Crippen molar-refractivity contribution < 1.29 is 8.81 Å². The summed E-state index contributed by atoms with van der Waals surface area (Å²) in [5, 5.41) is 3.78. The highest BCUT2D eigenvalue weighted by Crippen LogP contribution is 2.31. The second-order valence-electron chi connectivity index (χ2n) is 4.42. The molecule has 1 N–H and O–H groups in total. The molecule has 0 radical (unpaired) electrons. The number of hydrogen-bond donors (Lipinski definition) is 1. The Kier molecular flexibility index (Phi) is 4.04. The van der Waals surface area contributed by atoms with Gasteiger partial charge in [0, 0.05) is 22.2 Å². The highest BCUT2D eigenvalue weighted by atomic mass is 35.5. The van der Waals surface area contributed by atoms with Crippen LogP contribution in [-0.2, 0) is 6.54 Å². The fraction of sp³-hybridized carbons (Fsp3) is 0.286. The Morgan fingerprint density at radius 2 is 2.06 bits per heavy atom. The molecule has 2 rings (SSSR count). The summed E-state index contributed by atoms with van der Waals surface area (Å²) < 4.78 is 18.7. The largest absolute Gasteiger partial charge is 0.467 e. The number of halogens is 2. The highest BCUT2D eigenvalue weighted by Gasteiger charge is 2.12. The molecule has 1 aromatic heterocycles. The fourth-order valence-electron chi connectivity index (χ4n) is 1.72. The fourth-order valence-corrected chi connectivity index (χ4v) is 1.94. The first-order valence-corrected chi connectivity index (χ1v) is 6.21. The lowest BCUT2D eigenvalue weighted by Crippen LogP contribution is -2.21. The van der Waals surface area contributed by atoms with Crippen LogP contribution in [0.3, 0.4) is 0 Å². The lowest BCUT2D eigenvalue weighted by atomic mass is 10.1. The standard InChI is InChI=1S/C14H15ClFNO/c1-9(2)17-8-14-11(5-6-18-14)12-7-10(16)3-4-13(12)15/h3-7,9,17H,8H2,1-2H3. The van der Waals surface area contributed by atoms with Crippen LogP contribution < -0.4 is 5.32 Å². The van der Waals surface area contributed by atoms with Gasteiger partial charge in [-0.15, -0.1) is 0 Å². The molecule has 1 aromatic carbocycles. The Bertz CT molecular complexity index is 536. The quantitative estimate of drug-likeness (QED) is 0.896. The molecule has 1 heterocycles. The van der Waals surface area contributed by atoms with Gasteiger partial charge in [0.15, 0.2) is 0 Å². The van der Waals surface area contributed by atoms with E-state index in [1.807, 2.05) is 0 Å². The minimum Gasteiger partial charge on any atom is -0.467 e. The van der Waals surface area contributed by atoms with Gasteiger partial charge < -0.3 is 9.73 Å². The number of benzene rings is 1. The summed E-state index contributed by atoms with van der Waals surface area (Å²) in [6.45, 7) is 4.70. The molecule has 0 aliphatic rings. The Morgan fingerprint density at radius 1 is 1.28 bits per heavy atom. The average molecular weight is 268 g/mol. The first kappa shape index (κ1) is 13.1. The van der Waals surface area contributed by atoms with Crippen molar-refractivity contribution in [3.05, 3.63) is 47.1 Å². The van der Waals surface area contributed by atoms with Crippen molar-refractivity contribution in [2.45, 2.75) is 26.4 Å². The van der Waals surface area contributed by atoms with Gasteiger partial charge in [-0.3, -0.25) is 0 Å². The molecular weight excluding hydrogens is 253 g/mol. The molecule has 0 amide bonds. The summed E-state index contributed by atoms with van der Waals surface area (Å²) >= 11 is 6.09. The second-order valence-corrected chi connectivity index (χ2v) is 4.82. The predicted octanol–water partition coefficient (Wildman–Crippen LogP) is 4.24. The maximum atomic E-state index is 13.3. The minimum absolute atomic E-state index is 0.307. The maximum absolute atomic E-state index is 13.3. The minimum atomic E-state index is -0.307. The van der Waals surface area contributed by atoms with Gasteiger partial charge in [0.1, 0.15) is 11.6 Å². The molecule has 0 saturated carbocycles. The van der Waals surface area contributed by atoms with Crippen LogP contribution in [0.1, 0.15) is 19.6 Å². The molecule has 0 saturated heterocycles. The van der Waals surface area contributed by atoms with E-state index in [0.717, 1.165) is 11.3 Å². The summed E-state index contributed by atoms with van der Waals surface area (Å²) in [6.07, 6.45) is 1.59. The van der Waals surface area contributed by atoms with Crippen molar-refractivity contribution in [3.8, 4) is 11.1 Å². The number of furan rings is 1. The zero-order chi connectivity index (χ0) is 13.1.